The van der Waals surface area contributed by atoms with Crippen molar-refractivity contribution < 1.29 is 0 Å². The highest BCUT2D eigenvalue weighted by Crippen LogP contribution is 2.14. The smallest absolute Gasteiger partial charge is 0.190 e. The average Bonchev–Trinajstić information content (AvgIpc) is 2.42. The topological polar surface area (TPSA) is 42.7 Å². The summed E-state index contributed by atoms with van der Waals surface area (Å²) in [6, 6.07) is 0. The first-order chi connectivity index (χ1) is 6.90. The minimum atomic E-state index is 0.191. The molecule has 0 aromatic carbocycles. The van der Waals surface area contributed by atoms with Crippen molar-refractivity contribution in [3.8, 4) is 0 Å². The summed E-state index contributed by atoms with van der Waals surface area (Å²) < 4.78 is 2.02. The van der Waals surface area contributed by atoms with Gasteiger partial charge in [0.15, 0.2) is 5.16 Å². The van der Waals surface area contributed by atoms with Gasteiger partial charge in [0.1, 0.15) is 5.82 Å². The zero-order valence-corrected chi connectivity index (χ0v) is 11.0. The molecule has 0 atom stereocenters. The summed E-state index contributed by atoms with van der Waals surface area (Å²) in [5.41, 5.74) is 0.191. The van der Waals surface area contributed by atoms with Crippen molar-refractivity contribution in [1.82, 2.24) is 20.1 Å². The molecule has 0 fully saturated rings. The number of nitrogens with one attached hydrogen (secondary N) is 1. The molecule has 5 heteroatoms. The normalized spacial score (nSPS) is 12.1. The van der Waals surface area contributed by atoms with E-state index >= 15 is 0 Å². The Labute approximate surface area is 95.9 Å². The van der Waals surface area contributed by atoms with E-state index in [9.17, 15) is 0 Å². The Kier molecular flexibility index (Phi) is 4.16. The van der Waals surface area contributed by atoms with Gasteiger partial charge in [-0.05, 0) is 27.7 Å². The lowest BCUT2D eigenvalue weighted by Crippen LogP contribution is -2.37. The molecule has 1 N–H and O–H groups in total. The third-order valence-corrected chi connectivity index (χ3v) is 3.06. The molecule has 0 amide bonds. The van der Waals surface area contributed by atoms with Gasteiger partial charge in [0.05, 0.1) is 0 Å². The highest BCUT2D eigenvalue weighted by molar-refractivity contribution is 7.99. The quantitative estimate of drug-likeness (QED) is 0.628. The summed E-state index contributed by atoms with van der Waals surface area (Å²) in [5, 5.41) is 12.5. The molecule has 0 aliphatic rings. The van der Waals surface area contributed by atoms with Gasteiger partial charge in [-0.2, -0.15) is 0 Å². The van der Waals surface area contributed by atoms with Crippen molar-refractivity contribution in [1.29, 1.82) is 0 Å². The Morgan fingerprint density at radius 3 is 2.47 bits per heavy atom. The van der Waals surface area contributed by atoms with E-state index in [0.29, 0.717) is 0 Å². The second-order valence-corrected chi connectivity index (χ2v) is 5.68. The predicted octanol–water partition coefficient (Wildman–Crippen LogP) is 1.60. The van der Waals surface area contributed by atoms with Crippen LogP contribution in [0.15, 0.2) is 5.16 Å². The van der Waals surface area contributed by atoms with Crippen LogP contribution in [0, 0.1) is 6.92 Å². The lowest BCUT2D eigenvalue weighted by molar-refractivity contribution is 0.441. The Balaban J connectivity index is 2.30. The molecule has 0 saturated heterocycles. The lowest BCUT2D eigenvalue weighted by atomic mass is 10.1. The standard InChI is InChI=1S/C10H20N4S/c1-8-12-13-9(14(8)5)15-7-6-11-10(2,3)4/h11H,6-7H2,1-5H3. The summed E-state index contributed by atoms with van der Waals surface area (Å²) >= 11 is 1.74. The zero-order chi connectivity index (χ0) is 11.5. The Morgan fingerprint density at radius 2 is 2.00 bits per heavy atom. The molecule has 0 aliphatic carbocycles. The van der Waals surface area contributed by atoms with E-state index in [2.05, 4.69) is 36.3 Å². The van der Waals surface area contributed by atoms with Gasteiger partial charge in [0.25, 0.3) is 0 Å². The van der Waals surface area contributed by atoms with Crippen molar-refractivity contribution >= 4 is 11.8 Å². The monoisotopic (exact) mass is 228 g/mol. The van der Waals surface area contributed by atoms with Crippen molar-refractivity contribution in [3.63, 3.8) is 0 Å². The molecule has 0 saturated carbocycles. The van der Waals surface area contributed by atoms with Crippen molar-refractivity contribution in [2.75, 3.05) is 12.3 Å². The summed E-state index contributed by atoms with van der Waals surface area (Å²) in [5.74, 6) is 1.98. The van der Waals surface area contributed by atoms with Crippen LogP contribution in [0.2, 0.25) is 0 Å². The van der Waals surface area contributed by atoms with E-state index < -0.39 is 0 Å². The van der Waals surface area contributed by atoms with E-state index in [1.54, 1.807) is 11.8 Å². The van der Waals surface area contributed by atoms with Gasteiger partial charge in [0, 0.05) is 24.9 Å². The van der Waals surface area contributed by atoms with Gasteiger partial charge >= 0.3 is 0 Å². The molecule has 86 valence electrons. The average molecular weight is 228 g/mol. The maximum absolute atomic E-state index is 4.10. The number of thioether (sulfide) groups is 1. The molecule has 1 rings (SSSR count). The number of nitrogens with zero attached hydrogens (tertiary/aromatic N) is 3. The number of hydrogen-bond acceptors (Lipinski definition) is 4. The molecular formula is C10H20N4S. The molecule has 0 aliphatic heterocycles. The van der Waals surface area contributed by atoms with Crippen LogP contribution in [0.4, 0.5) is 0 Å². The first kappa shape index (κ1) is 12.5. The zero-order valence-electron chi connectivity index (χ0n) is 10.2. The number of rotatable bonds is 4. The summed E-state index contributed by atoms with van der Waals surface area (Å²) in [4.78, 5) is 0. The molecule has 1 aromatic heterocycles. The fraction of sp³-hybridized carbons (Fsp3) is 0.800. The highest BCUT2D eigenvalue weighted by atomic mass is 32.2. The largest absolute Gasteiger partial charge is 0.311 e. The molecule has 4 nitrogen and oxygen atoms in total. The fourth-order valence-electron chi connectivity index (χ4n) is 1.08. The third kappa shape index (κ3) is 4.22. The first-order valence-electron chi connectivity index (χ1n) is 5.14. The highest BCUT2D eigenvalue weighted by Gasteiger charge is 2.09. The van der Waals surface area contributed by atoms with Crippen LogP contribution in [0.3, 0.4) is 0 Å². The van der Waals surface area contributed by atoms with E-state index in [4.69, 9.17) is 0 Å². The minimum absolute atomic E-state index is 0.191. The van der Waals surface area contributed by atoms with Gasteiger partial charge < -0.3 is 9.88 Å². The molecule has 1 heterocycles. The molecule has 0 radical (unpaired) electrons. The van der Waals surface area contributed by atoms with E-state index in [-0.39, 0.29) is 5.54 Å². The maximum atomic E-state index is 4.10. The number of hydrogen-bond donors (Lipinski definition) is 1. The molecular weight excluding hydrogens is 208 g/mol. The lowest BCUT2D eigenvalue weighted by Gasteiger charge is -2.19. The molecule has 0 unspecified atom stereocenters. The van der Waals surface area contributed by atoms with Crippen LogP contribution in [-0.2, 0) is 7.05 Å². The third-order valence-electron chi connectivity index (χ3n) is 2.04. The van der Waals surface area contributed by atoms with Gasteiger partial charge in [-0.25, -0.2) is 0 Å². The van der Waals surface area contributed by atoms with Crippen LogP contribution in [0.25, 0.3) is 0 Å². The molecule has 0 spiro atoms. The minimum Gasteiger partial charge on any atom is -0.311 e. The summed E-state index contributed by atoms with van der Waals surface area (Å²) in [6.45, 7) is 9.46. The molecule has 15 heavy (non-hydrogen) atoms. The van der Waals surface area contributed by atoms with Crippen molar-refractivity contribution in [2.24, 2.45) is 7.05 Å². The van der Waals surface area contributed by atoms with Gasteiger partial charge in [-0.15, -0.1) is 10.2 Å². The van der Waals surface area contributed by atoms with Crippen LogP contribution < -0.4 is 5.32 Å². The first-order valence-corrected chi connectivity index (χ1v) is 6.12. The summed E-state index contributed by atoms with van der Waals surface area (Å²) in [6.07, 6.45) is 0. The summed E-state index contributed by atoms with van der Waals surface area (Å²) in [7, 11) is 1.99. The van der Waals surface area contributed by atoms with E-state index in [1.807, 2.05) is 18.5 Å². The van der Waals surface area contributed by atoms with Gasteiger partial charge in [-0.1, -0.05) is 11.8 Å². The Bertz CT molecular complexity index is 314. The van der Waals surface area contributed by atoms with Crippen molar-refractivity contribution in [3.05, 3.63) is 5.82 Å². The fourth-order valence-corrected chi connectivity index (χ4v) is 1.89. The number of aromatic nitrogens is 3. The van der Waals surface area contributed by atoms with Gasteiger partial charge in [0.2, 0.25) is 0 Å². The van der Waals surface area contributed by atoms with Crippen LogP contribution in [0.5, 0.6) is 0 Å². The van der Waals surface area contributed by atoms with Crippen molar-refractivity contribution in [2.45, 2.75) is 38.4 Å². The molecule has 0 bridgehead atoms. The Morgan fingerprint density at radius 1 is 1.33 bits per heavy atom. The van der Waals surface area contributed by atoms with E-state index in [0.717, 1.165) is 23.3 Å². The van der Waals surface area contributed by atoms with Crippen LogP contribution >= 0.6 is 11.8 Å². The SMILES string of the molecule is Cc1nnc(SCCNC(C)(C)C)n1C. The van der Waals surface area contributed by atoms with Gasteiger partial charge in [-0.3, -0.25) is 0 Å². The Hall–Kier alpha value is -0.550. The maximum Gasteiger partial charge on any atom is 0.190 e. The second-order valence-electron chi connectivity index (χ2n) is 4.61. The van der Waals surface area contributed by atoms with Crippen LogP contribution in [-0.4, -0.2) is 32.6 Å². The van der Waals surface area contributed by atoms with Crippen LogP contribution in [0.1, 0.15) is 26.6 Å². The second kappa shape index (κ2) is 4.99. The molecule has 1 aromatic rings. The predicted molar refractivity (Wildman–Crippen MR) is 64.2 cm³/mol. The van der Waals surface area contributed by atoms with E-state index in [1.165, 1.54) is 0 Å². The number of aryl methyl sites for hydroxylation is 1.